The minimum atomic E-state index is -0.497. The summed E-state index contributed by atoms with van der Waals surface area (Å²) in [6.07, 6.45) is 0.774. The van der Waals surface area contributed by atoms with E-state index in [1.807, 2.05) is 25.1 Å². The fourth-order valence-electron chi connectivity index (χ4n) is 2.38. The number of hydrogen-bond acceptors (Lipinski definition) is 3. The Bertz CT molecular complexity index is 471. The molecule has 1 saturated heterocycles. The Morgan fingerprint density at radius 2 is 2.37 bits per heavy atom. The summed E-state index contributed by atoms with van der Waals surface area (Å²) in [5.74, 6) is -0.0369. The average molecular weight is 283 g/mol. The zero-order valence-electron chi connectivity index (χ0n) is 11.3. The molecular formula is C14H19ClN2O2. The van der Waals surface area contributed by atoms with E-state index in [0.29, 0.717) is 23.9 Å². The number of hydrogen-bond donors (Lipinski definition) is 2. The van der Waals surface area contributed by atoms with Gasteiger partial charge in [0.25, 0.3) is 0 Å². The van der Waals surface area contributed by atoms with Crippen LogP contribution in [0.4, 0.5) is 5.69 Å². The maximum Gasteiger partial charge on any atom is 0.234 e. The summed E-state index contributed by atoms with van der Waals surface area (Å²) in [6, 6.07) is 5.60. The first-order valence-electron chi connectivity index (χ1n) is 6.35. The van der Waals surface area contributed by atoms with Gasteiger partial charge in [-0.1, -0.05) is 17.7 Å². The van der Waals surface area contributed by atoms with E-state index < -0.39 is 5.41 Å². The van der Waals surface area contributed by atoms with Gasteiger partial charge in [0, 0.05) is 13.7 Å². The Kier molecular flexibility index (Phi) is 4.45. The van der Waals surface area contributed by atoms with Crippen molar-refractivity contribution >= 4 is 23.2 Å². The topological polar surface area (TPSA) is 50.4 Å². The summed E-state index contributed by atoms with van der Waals surface area (Å²) >= 11 is 6.14. The van der Waals surface area contributed by atoms with Crippen LogP contribution < -0.4 is 10.6 Å². The minimum Gasteiger partial charge on any atom is -0.384 e. The van der Waals surface area contributed by atoms with E-state index in [2.05, 4.69) is 10.6 Å². The predicted octanol–water partition coefficient (Wildman–Crippen LogP) is 2.21. The second-order valence-corrected chi connectivity index (χ2v) is 5.48. The fraction of sp³-hybridized carbons (Fsp3) is 0.500. The molecule has 104 valence electrons. The third-order valence-corrected chi connectivity index (χ3v) is 3.83. The molecule has 0 radical (unpaired) electrons. The van der Waals surface area contributed by atoms with Crippen molar-refractivity contribution in [2.75, 3.05) is 32.1 Å². The Hall–Kier alpha value is -1.10. The zero-order chi connectivity index (χ0) is 13.9. The second kappa shape index (κ2) is 5.90. The number of benzene rings is 1. The molecule has 2 rings (SSSR count). The van der Waals surface area contributed by atoms with Crippen LogP contribution in [-0.2, 0) is 9.53 Å². The van der Waals surface area contributed by atoms with Gasteiger partial charge in [-0.05, 0) is 37.6 Å². The van der Waals surface area contributed by atoms with E-state index in [9.17, 15) is 4.79 Å². The fourth-order valence-corrected chi connectivity index (χ4v) is 2.66. The molecule has 0 spiro atoms. The predicted molar refractivity (Wildman–Crippen MR) is 76.6 cm³/mol. The zero-order valence-corrected chi connectivity index (χ0v) is 12.0. The molecule has 1 aliphatic heterocycles. The summed E-state index contributed by atoms with van der Waals surface area (Å²) in [5.41, 5.74) is 1.22. The van der Waals surface area contributed by atoms with Crippen LogP contribution in [0.3, 0.4) is 0 Å². The largest absolute Gasteiger partial charge is 0.384 e. The molecule has 0 bridgehead atoms. The van der Waals surface area contributed by atoms with E-state index in [1.54, 1.807) is 7.11 Å². The molecule has 1 heterocycles. The lowest BCUT2D eigenvalue weighted by atomic mass is 9.87. The van der Waals surface area contributed by atoms with Gasteiger partial charge >= 0.3 is 0 Å². The van der Waals surface area contributed by atoms with Crippen LogP contribution in [0.1, 0.15) is 12.0 Å². The number of rotatable bonds is 4. The highest BCUT2D eigenvalue weighted by molar-refractivity contribution is 6.33. The van der Waals surface area contributed by atoms with E-state index >= 15 is 0 Å². The highest BCUT2D eigenvalue weighted by Crippen LogP contribution is 2.30. The van der Waals surface area contributed by atoms with Gasteiger partial charge in [-0.15, -0.1) is 0 Å². The van der Waals surface area contributed by atoms with Crippen LogP contribution in [0.15, 0.2) is 18.2 Å². The van der Waals surface area contributed by atoms with Crippen molar-refractivity contribution in [1.82, 2.24) is 5.32 Å². The Morgan fingerprint density at radius 3 is 2.95 bits per heavy atom. The summed E-state index contributed by atoms with van der Waals surface area (Å²) in [7, 11) is 1.62. The van der Waals surface area contributed by atoms with Gasteiger partial charge in [0.05, 0.1) is 22.7 Å². The molecule has 1 fully saturated rings. The molecule has 1 unspecified atom stereocenters. The molecule has 2 N–H and O–H groups in total. The van der Waals surface area contributed by atoms with Crippen molar-refractivity contribution < 1.29 is 9.53 Å². The summed E-state index contributed by atoms with van der Waals surface area (Å²) in [5, 5.41) is 6.69. The lowest BCUT2D eigenvalue weighted by Gasteiger charge is -2.26. The van der Waals surface area contributed by atoms with Gasteiger partial charge in [-0.2, -0.15) is 0 Å². The Balaban J connectivity index is 2.15. The van der Waals surface area contributed by atoms with Crippen molar-refractivity contribution in [1.29, 1.82) is 0 Å². The third-order valence-electron chi connectivity index (χ3n) is 3.52. The molecular weight excluding hydrogens is 264 g/mol. The molecule has 1 aromatic carbocycles. The number of amides is 1. The second-order valence-electron chi connectivity index (χ2n) is 5.08. The number of methoxy groups -OCH3 is 1. The summed E-state index contributed by atoms with van der Waals surface area (Å²) in [6.45, 7) is 3.84. The summed E-state index contributed by atoms with van der Waals surface area (Å²) in [4.78, 5) is 12.5. The first-order valence-corrected chi connectivity index (χ1v) is 6.72. The number of anilines is 1. The number of nitrogens with one attached hydrogen (secondary N) is 2. The maximum atomic E-state index is 12.5. The van der Waals surface area contributed by atoms with Crippen LogP contribution in [0.2, 0.25) is 5.02 Å². The SMILES string of the molecule is COCC1(C(=O)Nc2ccc(C)cc2Cl)CCNC1. The number of carbonyl (C=O) groups is 1. The van der Waals surface area contributed by atoms with Gasteiger partial charge in [0.1, 0.15) is 0 Å². The number of ether oxygens (including phenoxy) is 1. The highest BCUT2D eigenvalue weighted by atomic mass is 35.5. The van der Waals surface area contributed by atoms with E-state index in [-0.39, 0.29) is 5.91 Å². The Labute approximate surface area is 118 Å². The van der Waals surface area contributed by atoms with Gasteiger partial charge in [-0.25, -0.2) is 0 Å². The van der Waals surface area contributed by atoms with Gasteiger partial charge in [0.2, 0.25) is 5.91 Å². The lowest BCUT2D eigenvalue weighted by Crippen LogP contribution is -2.41. The van der Waals surface area contributed by atoms with Crippen molar-refractivity contribution in [3.8, 4) is 0 Å². The summed E-state index contributed by atoms with van der Waals surface area (Å²) < 4.78 is 5.20. The number of aryl methyl sites for hydroxylation is 1. The molecule has 0 aliphatic carbocycles. The van der Waals surface area contributed by atoms with Crippen LogP contribution >= 0.6 is 11.6 Å². The first kappa shape index (κ1) is 14.3. The van der Waals surface area contributed by atoms with Gasteiger partial charge in [-0.3, -0.25) is 4.79 Å². The minimum absolute atomic E-state index is 0.0369. The van der Waals surface area contributed by atoms with Crippen LogP contribution in [0, 0.1) is 12.3 Å². The molecule has 1 aromatic rings. The number of carbonyl (C=O) groups excluding carboxylic acids is 1. The highest BCUT2D eigenvalue weighted by Gasteiger charge is 2.41. The van der Waals surface area contributed by atoms with Crippen LogP contribution in [0.25, 0.3) is 0 Å². The average Bonchev–Trinajstić information content (AvgIpc) is 2.83. The van der Waals surface area contributed by atoms with Crippen molar-refractivity contribution in [2.45, 2.75) is 13.3 Å². The smallest absolute Gasteiger partial charge is 0.234 e. The van der Waals surface area contributed by atoms with Crippen molar-refractivity contribution in [3.05, 3.63) is 28.8 Å². The normalized spacial score (nSPS) is 22.5. The van der Waals surface area contributed by atoms with Gasteiger partial charge < -0.3 is 15.4 Å². The molecule has 19 heavy (non-hydrogen) atoms. The van der Waals surface area contributed by atoms with Gasteiger partial charge in [0.15, 0.2) is 0 Å². The molecule has 1 amide bonds. The lowest BCUT2D eigenvalue weighted by molar-refractivity contribution is -0.127. The molecule has 5 heteroatoms. The van der Waals surface area contributed by atoms with Crippen LogP contribution in [-0.4, -0.2) is 32.7 Å². The van der Waals surface area contributed by atoms with Crippen molar-refractivity contribution in [3.63, 3.8) is 0 Å². The van der Waals surface area contributed by atoms with Crippen LogP contribution in [0.5, 0.6) is 0 Å². The number of halogens is 1. The third kappa shape index (κ3) is 3.08. The standard InChI is InChI=1S/C14H19ClN2O2/c1-10-3-4-12(11(15)7-10)17-13(18)14(9-19-2)5-6-16-8-14/h3-4,7,16H,5-6,8-9H2,1-2H3,(H,17,18). The maximum absolute atomic E-state index is 12.5. The van der Waals surface area contributed by atoms with E-state index in [0.717, 1.165) is 18.5 Å². The quantitative estimate of drug-likeness (QED) is 0.890. The monoisotopic (exact) mass is 282 g/mol. The molecule has 4 nitrogen and oxygen atoms in total. The van der Waals surface area contributed by atoms with E-state index in [1.165, 1.54) is 0 Å². The first-order chi connectivity index (χ1) is 9.07. The molecule has 0 saturated carbocycles. The van der Waals surface area contributed by atoms with E-state index in [4.69, 9.17) is 16.3 Å². The Morgan fingerprint density at radius 1 is 1.58 bits per heavy atom. The molecule has 0 aromatic heterocycles. The van der Waals surface area contributed by atoms with Crippen molar-refractivity contribution in [2.24, 2.45) is 5.41 Å². The molecule has 1 aliphatic rings. The molecule has 1 atom stereocenters.